The van der Waals surface area contributed by atoms with Crippen LogP contribution in [0.25, 0.3) is 0 Å². The number of hydrogen-bond donors (Lipinski definition) is 1. The third-order valence-electron chi connectivity index (χ3n) is 1.83. The molecule has 80 valence electrons. The predicted octanol–water partition coefficient (Wildman–Crippen LogP) is 2.98. The second-order valence-corrected chi connectivity index (χ2v) is 3.49. The molecule has 1 amide bonds. The van der Waals surface area contributed by atoms with Crippen LogP contribution in [-0.2, 0) is 4.79 Å². The fraction of sp³-hybridized carbons (Fsp3) is 0.909. The minimum absolute atomic E-state index is 0.168. The van der Waals surface area contributed by atoms with Gasteiger partial charge in [0.2, 0.25) is 5.91 Å². The summed E-state index contributed by atoms with van der Waals surface area (Å²) in [7, 11) is 0. The fourth-order valence-electron chi connectivity index (χ4n) is 1.14. The van der Waals surface area contributed by atoms with Crippen LogP contribution in [-0.4, -0.2) is 12.5 Å². The van der Waals surface area contributed by atoms with Gasteiger partial charge in [-0.3, -0.25) is 4.79 Å². The number of hydrogen-bond acceptors (Lipinski definition) is 1. The first-order chi connectivity index (χ1) is 6.04. The van der Waals surface area contributed by atoms with Crippen LogP contribution in [0.1, 0.15) is 54.4 Å². The standard InChI is InChI=1S/C9H19NO.C2H6/c1-5-7-9(3,4)8(11)10-6-2;1-2/h5-7H2,1-4H3,(H,10,11);1-2H3. The summed E-state index contributed by atoms with van der Waals surface area (Å²) in [6.07, 6.45) is 2.02. The lowest BCUT2D eigenvalue weighted by Crippen LogP contribution is -2.36. The fourth-order valence-corrected chi connectivity index (χ4v) is 1.14. The molecule has 0 spiro atoms. The van der Waals surface area contributed by atoms with Crippen LogP contribution < -0.4 is 5.32 Å². The number of rotatable bonds is 4. The van der Waals surface area contributed by atoms with Gasteiger partial charge < -0.3 is 5.32 Å². The van der Waals surface area contributed by atoms with Crippen molar-refractivity contribution in [3.63, 3.8) is 0 Å². The van der Waals surface area contributed by atoms with Crippen molar-refractivity contribution >= 4 is 5.91 Å². The second kappa shape index (κ2) is 8.09. The molecule has 0 aliphatic rings. The normalized spacial score (nSPS) is 10.0. The molecule has 0 aliphatic carbocycles. The van der Waals surface area contributed by atoms with Gasteiger partial charge in [-0.25, -0.2) is 0 Å². The van der Waals surface area contributed by atoms with E-state index in [0.717, 1.165) is 19.4 Å². The molecular formula is C11H25NO. The van der Waals surface area contributed by atoms with Crippen molar-refractivity contribution in [1.82, 2.24) is 5.32 Å². The molecule has 0 aromatic heterocycles. The van der Waals surface area contributed by atoms with Crippen LogP contribution in [0, 0.1) is 5.41 Å². The molecule has 2 heteroatoms. The van der Waals surface area contributed by atoms with Crippen molar-refractivity contribution < 1.29 is 4.79 Å². The molecule has 0 aliphatic heterocycles. The van der Waals surface area contributed by atoms with E-state index < -0.39 is 0 Å². The molecule has 13 heavy (non-hydrogen) atoms. The van der Waals surface area contributed by atoms with Gasteiger partial charge in [-0.1, -0.05) is 41.0 Å². The van der Waals surface area contributed by atoms with Crippen LogP contribution in [0.15, 0.2) is 0 Å². The Morgan fingerprint density at radius 1 is 1.23 bits per heavy atom. The van der Waals surface area contributed by atoms with Crippen LogP contribution in [0.4, 0.5) is 0 Å². The number of carbonyl (C=O) groups is 1. The molecule has 0 unspecified atom stereocenters. The van der Waals surface area contributed by atoms with Crippen molar-refractivity contribution in [2.75, 3.05) is 6.54 Å². The van der Waals surface area contributed by atoms with E-state index in [0.29, 0.717) is 0 Å². The van der Waals surface area contributed by atoms with Gasteiger partial charge in [0.1, 0.15) is 0 Å². The molecule has 1 N–H and O–H groups in total. The average molecular weight is 187 g/mol. The maximum absolute atomic E-state index is 11.3. The van der Waals surface area contributed by atoms with Crippen LogP contribution in [0.2, 0.25) is 0 Å². The zero-order valence-electron chi connectivity index (χ0n) is 10.0. The van der Waals surface area contributed by atoms with Gasteiger partial charge in [0.25, 0.3) is 0 Å². The predicted molar refractivity (Wildman–Crippen MR) is 58.7 cm³/mol. The largest absolute Gasteiger partial charge is 0.356 e. The molecule has 0 rings (SSSR count). The summed E-state index contributed by atoms with van der Waals surface area (Å²) >= 11 is 0. The summed E-state index contributed by atoms with van der Waals surface area (Å²) in [5.74, 6) is 0.168. The molecule has 0 bridgehead atoms. The van der Waals surface area contributed by atoms with Crippen molar-refractivity contribution in [3.8, 4) is 0 Å². The molecule has 0 radical (unpaired) electrons. The molecule has 0 aromatic rings. The lowest BCUT2D eigenvalue weighted by Gasteiger charge is -2.22. The van der Waals surface area contributed by atoms with Crippen LogP contribution >= 0.6 is 0 Å². The van der Waals surface area contributed by atoms with Gasteiger partial charge in [-0.05, 0) is 13.3 Å². The van der Waals surface area contributed by atoms with Crippen molar-refractivity contribution in [1.29, 1.82) is 0 Å². The summed E-state index contributed by atoms with van der Waals surface area (Å²) in [6.45, 7) is 12.7. The van der Waals surface area contributed by atoms with Crippen LogP contribution in [0.5, 0.6) is 0 Å². The van der Waals surface area contributed by atoms with E-state index in [9.17, 15) is 4.79 Å². The molecule has 0 fully saturated rings. The topological polar surface area (TPSA) is 29.1 Å². The molecule has 0 heterocycles. The van der Waals surface area contributed by atoms with Gasteiger partial charge in [-0.2, -0.15) is 0 Å². The van der Waals surface area contributed by atoms with Crippen molar-refractivity contribution in [3.05, 3.63) is 0 Å². The van der Waals surface area contributed by atoms with Crippen molar-refractivity contribution in [2.24, 2.45) is 5.41 Å². The first-order valence-electron chi connectivity index (χ1n) is 5.33. The zero-order valence-corrected chi connectivity index (χ0v) is 10.0. The Morgan fingerprint density at radius 3 is 2.00 bits per heavy atom. The molecular weight excluding hydrogens is 162 g/mol. The molecule has 0 aromatic carbocycles. The first kappa shape index (κ1) is 15.0. The van der Waals surface area contributed by atoms with Gasteiger partial charge in [0, 0.05) is 12.0 Å². The Labute approximate surface area is 83.1 Å². The highest BCUT2D eigenvalue weighted by atomic mass is 16.2. The third kappa shape index (κ3) is 6.62. The van der Waals surface area contributed by atoms with Crippen molar-refractivity contribution in [2.45, 2.75) is 54.4 Å². The number of nitrogens with one attached hydrogen (secondary N) is 1. The Kier molecular flexibility index (Phi) is 9.31. The smallest absolute Gasteiger partial charge is 0.225 e. The van der Waals surface area contributed by atoms with E-state index >= 15 is 0 Å². The summed E-state index contributed by atoms with van der Waals surface area (Å²) in [4.78, 5) is 11.3. The quantitative estimate of drug-likeness (QED) is 0.720. The summed E-state index contributed by atoms with van der Waals surface area (Å²) in [5, 5.41) is 2.83. The maximum atomic E-state index is 11.3. The minimum atomic E-state index is -0.190. The van der Waals surface area contributed by atoms with E-state index in [1.807, 2.05) is 34.6 Å². The Hall–Kier alpha value is -0.530. The highest BCUT2D eigenvalue weighted by molar-refractivity contribution is 5.81. The Morgan fingerprint density at radius 2 is 1.69 bits per heavy atom. The summed E-state index contributed by atoms with van der Waals surface area (Å²) in [5.41, 5.74) is -0.190. The zero-order chi connectivity index (χ0) is 10.9. The third-order valence-corrected chi connectivity index (χ3v) is 1.83. The van der Waals surface area contributed by atoms with Gasteiger partial charge in [0.15, 0.2) is 0 Å². The average Bonchev–Trinajstić information content (AvgIpc) is 2.08. The molecule has 0 atom stereocenters. The van der Waals surface area contributed by atoms with E-state index in [-0.39, 0.29) is 11.3 Å². The highest BCUT2D eigenvalue weighted by Crippen LogP contribution is 2.21. The SMILES string of the molecule is CC.CCCC(C)(C)C(=O)NCC. The number of carbonyl (C=O) groups excluding carboxylic acids is 1. The van der Waals surface area contributed by atoms with E-state index in [1.54, 1.807) is 0 Å². The summed E-state index contributed by atoms with van der Waals surface area (Å²) in [6, 6.07) is 0. The lowest BCUT2D eigenvalue weighted by molar-refractivity contribution is -0.129. The Balaban J connectivity index is 0. The van der Waals surface area contributed by atoms with E-state index in [4.69, 9.17) is 0 Å². The monoisotopic (exact) mass is 187 g/mol. The van der Waals surface area contributed by atoms with Gasteiger partial charge in [0.05, 0.1) is 0 Å². The summed E-state index contributed by atoms with van der Waals surface area (Å²) < 4.78 is 0. The molecule has 0 saturated heterocycles. The maximum Gasteiger partial charge on any atom is 0.225 e. The number of amides is 1. The molecule has 2 nitrogen and oxygen atoms in total. The van der Waals surface area contributed by atoms with Gasteiger partial charge >= 0.3 is 0 Å². The second-order valence-electron chi connectivity index (χ2n) is 3.49. The minimum Gasteiger partial charge on any atom is -0.356 e. The first-order valence-corrected chi connectivity index (χ1v) is 5.33. The van der Waals surface area contributed by atoms with Gasteiger partial charge in [-0.15, -0.1) is 0 Å². The van der Waals surface area contributed by atoms with E-state index in [2.05, 4.69) is 12.2 Å². The van der Waals surface area contributed by atoms with E-state index in [1.165, 1.54) is 0 Å². The highest BCUT2D eigenvalue weighted by Gasteiger charge is 2.25. The van der Waals surface area contributed by atoms with Crippen LogP contribution in [0.3, 0.4) is 0 Å². The molecule has 0 saturated carbocycles. The Bertz CT molecular complexity index is 130. The lowest BCUT2D eigenvalue weighted by atomic mass is 9.87.